The van der Waals surface area contributed by atoms with Gasteiger partial charge in [0.05, 0.1) is 28.2 Å². The van der Waals surface area contributed by atoms with E-state index in [9.17, 15) is 14.9 Å². The van der Waals surface area contributed by atoms with Crippen LogP contribution in [0.3, 0.4) is 0 Å². The van der Waals surface area contributed by atoms with Gasteiger partial charge in [-0.3, -0.25) is 19.9 Å². The summed E-state index contributed by atoms with van der Waals surface area (Å²) in [5.41, 5.74) is 2.27. The predicted octanol–water partition coefficient (Wildman–Crippen LogP) is 3.37. The van der Waals surface area contributed by atoms with Crippen LogP contribution in [0, 0.1) is 10.1 Å². The smallest absolute Gasteiger partial charge is 0.274 e. The van der Waals surface area contributed by atoms with Gasteiger partial charge in [0.2, 0.25) is 0 Å². The summed E-state index contributed by atoms with van der Waals surface area (Å²) in [7, 11) is 1.64. The molecular weight excluding hydrogens is 320 g/mol. The lowest BCUT2D eigenvalue weighted by atomic mass is 10.1. The molecule has 0 radical (unpaired) electrons. The molecule has 0 aliphatic carbocycles. The van der Waals surface area contributed by atoms with Gasteiger partial charge >= 0.3 is 0 Å². The Morgan fingerprint density at radius 1 is 1.16 bits per heavy atom. The molecule has 7 heteroatoms. The molecule has 0 spiro atoms. The lowest BCUT2D eigenvalue weighted by Crippen LogP contribution is -2.30. The maximum atomic E-state index is 12.7. The quantitative estimate of drug-likeness (QED) is 0.538. The molecule has 0 unspecified atom stereocenters. The van der Waals surface area contributed by atoms with E-state index >= 15 is 0 Å². The van der Waals surface area contributed by atoms with Crippen LogP contribution >= 0.6 is 0 Å². The number of hydrogen-bond acceptors (Lipinski definition) is 5. The molecule has 25 heavy (non-hydrogen) atoms. The van der Waals surface area contributed by atoms with Crippen molar-refractivity contribution in [3.05, 3.63) is 76.1 Å². The highest BCUT2D eigenvalue weighted by molar-refractivity contribution is 5.93. The molecule has 3 aromatic rings. The first-order valence-electron chi connectivity index (χ1n) is 7.70. The fourth-order valence-electron chi connectivity index (χ4n) is 2.54. The second-order valence-corrected chi connectivity index (χ2v) is 5.69. The van der Waals surface area contributed by atoms with Crippen LogP contribution in [0.5, 0.6) is 0 Å². The largest absolute Gasteiger partial charge is 0.334 e. The number of carbonyl (C=O) groups is 1. The van der Waals surface area contributed by atoms with Crippen LogP contribution < -0.4 is 0 Å². The molecule has 0 saturated heterocycles. The summed E-state index contributed by atoms with van der Waals surface area (Å²) in [6.07, 6.45) is 1.45. The Morgan fingerprint density at radius 3 is 2.60 bits per heavy atom. The number of carbonyl (C=O) groups excluding carboxylic acids is 1. The van der Waals surface area contributed by atoms with E-state index in [4.69, 9.17) is 0 Å². The molecule has 0 fully saturated rings. The van der Waals surface area contributed by atoms with Gasteiger partial charge in [-0.25, -0.2) is 4.98 Å². The molecule has 0 bridgehead atoms. The SMILES string of the molecule is C[C@@H](c1cccc([N+](=O)[O-])c1)N(C)C(=O)c1cnc2ccccc2n1. The second-order valence-electron chi connectivity index (χ2n) is 5.69. The van der Waals surface area contributed by atoms with Crippen molar-refractivity contribution in [2.24, 2.45) is 0 Å². The van der Waals surface area contributed by atoms with E-state index in [1.165, 1.54) is 23.2 Å². The number of aromatic nitrogens is 2. The molecule has 3 rings (SSSR count). The Morgan fingerprint density at radius 2 is 1.88 bits per heavy atom. The Balaban J connectivity index is 1.87. The molecule has 126 valence electrons. The number of nitrogens with zero attached hydrogens (tertiary/aromatic N) is 4. The lowest BCUT2D eigenvalue weighted by Gasteiger charge is -2.24. The summed E-state index contributed by atoms with van der Waals surface area (Å²) >= 11 is 0. The Labute approximate surface area is 144 Å². The van der Waals surface area contributed by atoms with E-state index in [1.54, 1.807) is 25.2 Å². The lowest BCUT2D eigenvalue weighted by molar-refractivity contribution is -0.384. The number of rotatable bonds is 4. The van der Waals surface area contributed by atoms with Gasteiger partial charge in [0.25, 0.3) is 11.6 Å². The molecule has 1 heterocycles. The van der Waals surface area contributed by atoms with Gasteiger partial charge in [-0.2, -0.15) is 0 Å². The van der Waals surface area contributed by atoms with Gasteiger partial charge in [0.15, 0.2) is 0 Å². The molecule has 0 aliphatic heterocycles. The average Bonchev–Trinajstić information content (AvgIpc) is 2.65. The van der Waals surface area contributed by atoms with E-state index in [-0.39, 0.29) is 23.3 Å². The summed E-state index contributed by atoms with van der Waals surface area (Å²) in [5.74, 6) is -0.294. The Bertz CT molecular complexity index is 958. The highest BCUT2D eigenvalue weighted by atomic mass is 16.6. The van der Waals surface area contributed by atoms with Crippen molar-refractivity contribution in [2.45, 2.75) is 13.0 Å². The van der Waals surface area contributed by atoms with E-state index in [0.717, 1.165) is 0 Å². The van der Waals surface area contributed by atoms with Crippen molar-refractivity contribution in [2.75, 3.05) is 7.05 Å². The minimum atomic E-state index is -0.452. The first-order chi connectivity index (χ1) is 12.0. The summed E-state index contributed by atoms with van der Waals surface area (Å²) < 4.78 is 0. The first kappa shape index (κ1) is 16.5. The van der Waals surface area contributed by atoms with Crippen molar-refractivity contribution >= 4 is 22.6 Å². The highest BCUT2D eigenvalue weighted by Gasteiger charge is 2.22. The topological polar surface area (TPSA) is 89.2 Å². The Hall–Kier alpha value is -3.35. The number of para-hydroxylation sites is 2. The number of hydrogen-bond donors (Lipinski definition) is 0. The van der Waals surface area contributed by atoms with E-state index in [0.29, 0.717) is 16.6 Å². The second kappa shape index (κ2) is 6.64. The molecule has 7 nitrogen and oxygen atoms in total. The van der Waals surface area contributed by atoms with Crippen molar-refractivity contribution < 1.29 is 9.72 Å². The molecule has 0 saturated carbocycles. The fourth-order valence-corrected chi connectivity index (χ4v) is 2.54. The molecule has 0 N–H and O–H groups in total. The number of nitro groups is 1. The van der Waals surface area contributed by atoms with Crippen LogP contribution in [-0.2, 0) is 0 Å². The normalized spacial score (nSPS) is 11.9. The monoisotopic (exact) mass is 336 g/mol. The third-order valence-electron chi connectivity index (χ3n) is 4.13. The van der Waals surface area contributed by atoms with Crippen LogP contribution in [0.15, 0.2) is 54.7 Å². The summed E-state index contributed by atoms with van der Waals surface area (Å²) in [4.78, 5) is 33.3. The average molecular weight is 336 g/mol. The number of non-ortho nitro benzene ring substituents is 1. The molecule has 2 aromatic carbocycles. The van der Waals surface area contributed by atoms with Gasteiger partial charge in [0, 0.05) is 19.2 Å². The molecule has 1 atom stereocenters. The Kier molecular flexibility index (Phi) is 4.38. The zero-order chi connectivity index (χ0) is 18.0. The minimum Gasteiger partial charge on any atom is -0.334 e. The zero-order valence-corrected chi connectivity index (χ0v) is 13.8. The maximum absolute atomic E-state index is 12.7. The highest BCUT2D eigenvalue weighted by Crippen LogP contribution is 2.24. The number of nitro benzene ring substituents is 1. The van der Waals surface area contributed by atoms with Crippen molar-refractivity contribution in [1.29, 1.82) is 0 Å². The molecular formula is C18H16N4O3. The number of fused-ring (bicyclic) bond motifs is 1. The maximum Gasteiger partial charge on any atom is 0.274 e. The first-order valence-corrected chi connectivity index (χ1v) is 7.70. The van der Waals surface area contributed by atoms with Crippen LogP contribution in [0.1, 0.15) is 29.0 Å². The molecule has 0 aliphatic rings. The third kappa shape index (κ3) is 3.30. The number of benzene rings is 2. The predicted molar refractivity (Wildman–Crippen MR) is 93.1 cm³/mol. The fraction of sp³-hybridized carbons (Fsp3) is 0.167. The van der Waals surface area contributed by atoms with E-state index < -0.39 is 4.92 Å². The van der Waals surface area contributed by atoms with E-state index in [2.05, 4.69) is 9.97 Å². The summed E-state index contributed by atoms with van der Waals surface area (Å²) in [6.45, 7) is 1.81. The van der Waals surface area contributed by atoms with Crippen molar-refractivity contribution in [3.63, 3.8) is 0 Å². The molecule has 1 aromatic heterocycles. The van der Waals surface area contributed by atoms with Crippen molar-refractivity contribution in [1.82, 2.24) is 14.9 Å². The van der Waals surface area contributed by atoms with Gasteiger partial charge in [0.1, 0.15) is 5.69 Å². The zero-order valence-electron chi connectivity index (χ0n) is 13.8. The number of amides is 1. The van der Waals surface area contributed by atoms with Crippen LogP contribution in [0.4, 0.5) is 5.69 Å². The minimum absolute atomic E-state index is 0.00399. The van der Waals surface area contributed by atoms with Gasteiger partial charge in [-0.1, -0.05) is 24.3 Å². The third-order valence-corrected chi connectivity index (χ3v) is 4.13. The van der Waals surface area contributed by atoms with Gasteiger partial charge in [-0.05, 0) is 24.6 Å². The summed E-state index contributed by atoms with van der Waals surface area (Å²) in [6, 6.07) is 13.2. The molecule has 1 amide bonds. The van der Waals surface area contributed by atoms with Crippen LogP contribution in [-0.4, -0.2) is 32.7 Å². The van der Waals surface area contributed by atoms with E-state index in [1.807, 2.05) is 25.1 Å². The van der Waals surface area contributed by atoms with Crippen molar-refractivity contribution in [3.8, 4) is 0 Å². The van der Waals surface area contributed by atoms with Gasteiger partial charge in [-0.15, -0.1) is 0 Å². The van der Waals surface area contributed by atoms with Crippen LogP contribution in [0.25, 0.3) is 11.0 Å². The van der Waals surface area contributed by atoms with Gasteiger partial charge < -0.3 is 4.90 Å². The standard InChI is InChI=1S/C18H16N4O3/c1-12(13-6-5-7-14(10-13)22(24)25)21(2)18(23)17-11-19-15-8-3-4-9-16(15)20-17/h3-12H,1-2H3/t12-/m0/s1. The summed E-state index contributed by atoms with van der Waals surface area (Å²) in [5, 5.41) is 10.9. The van der Waals surface area contributed by atoms with Crippen LogP contribution in [0.2, 0.25) is 0 Å².